The zero-order valence-electron chi connectivity index (χ0n) is 9.43. The van der Waals surface area contributed by atoms with E-state index in [2.05, 4.69) is 4.90 Å². The smallest absolute Gasteiger partial charge is 0.305 e. The monoisotopic (exact) mass is 214 g/mol. The average molecular weight is 214 g/mol. The summed E-state index contributed by atoms with van der Waals surface area (Å²) < 4.78 is 0. The van der Waals surface area contributed by atoms with E-state index in [4.69, 9.17) is 5.11 Å². The van der Waals surface area contributed by atoms with Crippen molar-refractivity contribution in [2.24, 2.45) is 0 Å². The summed E-state index contributed by atoms with van der Waals surface area (Å²) in [6.45, 7) is 4.88. The molecule has 1 heterocycles. The van der Waals surface area contributed by atoms with Crippen molar-refractivity contribution in [2.45, 2.75) is 32.4 Å². The molecule has 1 fully saturated rings. The molecular weight excluding hydrogens is 196 g/mol. The predicted octanol–water partition coefficient (Wildman–Crippen LogP) is 0.0121. The summed E-state index contributed by atoms with van der Waals surface area (Å²) in [6.07, 6.45) is 0.0221. The molecular formula is C10H18N2O3. The van der Waals surface area contributed by atoms with Crippen LogP contribution in [0.2, 0.25) is 0 Å². The number of aliphatic carboxylic acids is 1. The number of piperazine rings is 1. The highest BCUT2D eigenvalue weighted by molar-refractivity contribution is 5.75. The lowest BCUT2D eigenvalue weighted by atomic mass is 10.0. The van der Waals surface area contributed by atoms with Crippen LogP contribution < -0.4 is 0 Å². The van der Waals surface area contributed by atoms with Crippen LogP contribution in [0.5, 0.6) is 0 Å². The summed E-state index contributed by atoms with van der Waals surface area (Å²) in [5.41, 5.74) is 0. The molecule has 0 aromatic rings. The summed E-state index contributed by atoms with van der Waals surface area (Å²) in [4.78, 5) is 25.9. The maximum atomic E-state index is 11.4. The number of rotatable bonds is 2. The predicted molar refractivity (Wildman–Crippen MR) is 55.5 cm³/mol. The van der Waals surface area contributed by atoms with Crippen molar-refractivity contribution in [2.75, 3.05) is 20.1 Å². The van der Waals surface area contributed by atoms with Gasteiger partial charge < -0.3 is 14.9 Å². The van der Waals surface area contributed by atoms with Gasteiger partial charge in [0.05, 0.1) is 12.5 Å². The molecule has 0 aliphatic carbocycles. The van der Waals surface area contributed by atoms with Crippen LogP contribution in [0.1, 0.15) is 20.3 Å². The fraction of sp³-hybridized carbons (Fsp3) is 0.800. The Labute approximate surface area is 89.7 Å². The summed E-state index contributed by atoms with van der Waals surface area (Å²) in [5, 5.41) is 8.78. The molecule has 1 saturated heterocycles. The second kappa shape index (κ2) is 4.61. The van der Waals surface area contributed by atoms with Gasteiger partial charge in [0.1, 0.15) is 0 Å². The highest BCUT2D eigenvalue weighted by Crippen LogP contribution is 2.17. The van der Waals surface area contributed by atoms with E-state index < -0.39 is 5.97 Å². The second-order valence-corrected chi connectivity index (χ2v) is 4.25. The molecule has 15 heavy (non-hydrogen) atoms. The summed E-state index contributed by atoms with van der Waals surface area (Å²) >= 11 is 0. The Morgan fingerprint density at radius 2 is 2.00 bits per heavy atom. The van der Waals surface area contributed by atoms with E-state index >= 15 is 0 Å². The molecule has 1 N–H and O–H groups in total. The van der Waals surface area contributed by atoms with Gasteiger partial charge in [0, 0.05) is 26.1 Å². The SMILES string of the molecule is CC(=O)N1[C@H](CC(=O)O)CN(C)C[C@@H]1C. The number of amides is 1. The van der Waals surface area contributed by atoms with E-state index in [0.29, 0.717) is 6.54 Å². The second-order valence-electron chi connectivity index (χ2n) is 4.25. The van der Waals surface area contributed by atoms with Crippen LogP contribution in [0.25, 0.3) is 0 Å². The average Bonchev–Trinajstić information content (AvgIpc) is 1.99. The molecule has 0 radical (unpaired) electrons. The number of hydrogen-bond donors (Lipinski definition) is 1. The third-order valence-electron chi connectivity index (χ3n) is 2.74. The number of carboxylic acid groups (broad SMARTS) is 1. The van der Waals surface area contributed by atoms with Crippen LogP contribution in [-0.4, -0.2) is 59.0 Å². The van der Waals surface area contributed by atoms with E-state index in [9.17, 15) is 9.59 Å². The molecule has 0 spiro atoms. The van der Waals surface area contributed by atoms with Gasteiger partial charge in [-0.2, -0.15) is 0 Å². The van der Waals surface area contributed by atoms with Gasteiger partial charge in [0.2, 0.25) is 5.91 Å². The molecule has 0 saturated carbocycles. The highest BCUT2D eigenvalue weighted by Gasteiger charge is 2.33. The Kier molecular flexibility index (Phi) is 3.68. The third kappa shape index (κ3) is 2.92. The number of likely N-dealkylation sites (N-methyl/N-ethyl adjacent to an activating group) is 1. The van der Waals surface area contributed by atoms with Gasteiger partial charge in [0.25, 0.3) is 0 Å². The molecule has 0 bridgehead atoms. The van der Waals surface area contributed by atoms with Crippen LogP contribution in [0.4, 0.5) is 0 Å². The Morgan fingerprint density at radius 1 is 1.40 bits per heavy atom. The largest absolute Gasteiger partial charge is 0.481 e. The van der Waals surface area contributed by atoms with Crippen LogP contribution in [0.3, 0.4) is 0 Å². The van der Waals surface area contributed by atoms with Crippen molar-refractivity contribution in [3.05, 3.63) is 0 Å². The Bertz CT molecular complexity index is 267. The minimum atomic E-state index is -0.853. The fourth-order valence-electron chi connectivity index (χ4n) is 2.35. The first-order valence-electron chi connectivity index (χ1n) is 5.11. The van der Waals surface area contributed by atoms with E-state index in [0.717, 1.165) is 6.54 Å². The Balaban J connectivity index is 2.77. The van der Waals surface area contributed by atoms with Crippen molar-refractivity contribution in [1.82, 2.24) is 9.80 Å². The lowest BCUT2D eigenvalue weighted by Crippen LogP contribution is -2.58. The summed E-state index contributed by atoms with van der Waals surface area (Å²) in [7, 11) is 1.95. The lowest BCUT2D eigenvalue weighted by molar-refractivity contribution is -0.143. The first-order valence-corrected chi connectivity index (χ1v) is 5.11. The van der Waals surface area contributed by atoms with Crippen LogP contribution >= 0.6 is 0 Å². The summed E-state index contributed by atoms with van der Waals surface area (Å²) in [5.74, 6) is -0.893. The molecule has 2 atom stereocenters. The quantitative estimate of drug-likeness (QED) is 0.703. The van der Waals surface area contributed by atoms with Crippen molar-refractivity contribution >= 4 is 11.9 Å². The Hall–Kier alpha value is -1.10. The topological polar surface area (TPSA) is 60.9 Å². The van der Waals surface area contributed by atoms with E-state index in [1.807, 2.05) is 14.0 Å². The van der Waals surface area contributed by atoms with Crippen molar-refractivity contribution < 1.29 is 14.7 Å². The van der Waals surface area contributed by atoms with Gasteiger partial charge in [-0.25, -0.2) is 0 Å². The standard InChI is InChI=1S/C10H18N2O3/c1-7-5-11(3)6-9(4-10(14)15)12(7)8(2)13/h7,9H,4-6H2,1-3H3,(H,14,15)/t7-,9+/m0/s1. The maximum absolute atomic E-state index is 11.4. The van der Waals surface area contributed by atoms with Crippen molar-refractivity contribution in [3.63, 3.8) is 0 Å². The van der Waals surface area contributed by atoms with Crippen molar-refractivity contribution in [3.8, 4) is 0 Å². The number of hydrogen-bond acceptors (Lipinski definition) is 3. The first kappa shape index (κ1) is 12.0. The van der Waals surface area contributed by atoms with Gasteiger partial charge in [0.15, 0.2) is 0 Å². The van der Waals surface area contributed by atoms with Crippen LogP contribution in [0, 0.1) is 0 Å². The van der Waals surface area contributed by atoms with Gasteiger partial charge in [-0.1, -0.05) is 0 Å². The van der Waals surface area contributed by atoms with Gasteiger partial charge in [-0.05, 0) is 14.0 Å². The molecule has 1 rings (SSSR count). The molecule has 5 heteroatoms. The molecule has 86 valence electrons. The molecule has 1 aliphatic heterocycles. The molecule has 1 aliphatic rings. The Morgan fingerprint density at radius 3 is 2.47 bits per heavy atom. The summed E-state index contributed by atoms with van der Waals surface area (Å²) in [6, 6.07) is -0.112. The molecule has 1 amide bonds. The highest BCUT2D eigenvalue weighted by atomic mass is 16.4. The molecule has 0 unspecified atom stereocenters. The maximum Gasteiger partial charge on any atom is 0.305 e. The zero-order chi connectivity index (χ0) is 11.6. The number of carbonyl (C=O) groups excluding carboxylic acids is 1. The van der Waals surface area contributed by atoms with Crippen LogP contribution in [0.15, 0.2) is 0 Å². The lowest BCUT2D eigenvalue weighted by Gasteiger charge is -2.43. The molecule has 5 nitrogen and oxygen atoms in total. The van der Waals surface area contributed by atoms with E-state index in [1.165, 1.54) is 6.92 Å². The zero-order valence-corrected chi connectivity index (χ0v) is 9.43. The molecule has 0 aromatic carbocycles. The minimum Gasteiger partial charge on any atom is -0.481 e. The van der Waals surface area contributed by atoms with Crippen LogP contribution in [-0.2, 0) is 9.59 Å². The van der Waals surface area contributed by atoms with Gasteiger partial charge in [-0.15, -0.1) is 0 Å². The first-order chi connectivity index (χ1) is 6.91. The van der Waals surface area contributed by atoms with E-state index in [1.54, 1.807) is 4.90 Å². The minimum absolute atomic E-state index is 0.0221. The van der Waals surface area contributed by atoms with Gasteiger partial charge >= 0.3 is 5.97 Å². The van der Waals surface area contributed by atoms with Gasteiger partial charge in [-0.3, -0.25) is 9.59 Å². The number of carbonyl (C=O) groups is 2. The normalized spacial score (nSPS) is 27.8. The third-order valence-corrected chi connectivity index (χ3v) is 2.74. The molecule has 0 aromatic heterocycles. The number of carboxylic acids is 1. The fourth-order valence-corrected chi connectivity index (χ4v) is 2.35. The van der Waals surface area contributed by atoms with E-state index in [-0.39, 0.29) is 24.4 Å². The van der Waals surface area contributed by atoms with Crippen molar-refractivity contribution in [1.29, 1.82) is 0 Å². The number of nitrogens with zero attached hydrogens (tertiary/aromatic N) is 2.